The predicted octanol–water partition coefficient (Wildman–Crippen LogP) is 2.58. The molecule has 0 saturated carbocycles. The average molecular weight is 222 g/mol. The normalized spacial score (nSPS) is 12.0. The number of aromatic hydroxyl groups is 1. The third-order valence-corrected chi connectivity index (χ3v) is 1.82. The van der Waals surface area contributed by atoms with Crippen molar-refractivity contribution in [2.75, 3.05) is 6.61 Å². The molecule has 2 N–H and O–H groups in total. The van der Waals surface area contributed by atoms with Gasteiger partial charge in [-0.15, -0.1) is 0 Å². The summed E-state index contributed by atoms with van der Waals surface area (Å²) in [5, 5.41) is 18.1. The Morgan fingerprint density at radius 2 is 2.00 bits per heavy atom. The van der Waals surface area contributed by atoms with Crippen LogP contribution in [0.2, 0.25) is 0 Å². The molecule has 88 valence electrons. The molecule has 1 rings (SSSR count). The number of aliphatic hydroxyl groups is 1. The fourth-order valence-corrected chi connectivity index (χ4v) is 1.26. The molecule has 16 heavy (non-hydrogen) atoms. The fraction of sp³-hybridized carbons (Fsp3) is 0.385. The highest BCUT2D eigenvalue weighted by Crippen LogP contribution is 2.28. The molecule has 1 aromatic rings. The number of phenols is 1. The van der Waals surface area contributed by atoms with E-state index in [2.05, 4.69) is 0 Å². The van der Waals surface area contributed by atoms with Gasteiger partial charge >= 0.3 is 0 Å². The van der Waals surface area contributed by atoms with E-state index in [0.29, 0.717) is 5.75 Å². The maximum Gasteiger partial charge on any atom is 0.130 e. The maximum absolute atomic E-state index is 9.41. The van der Waals surface area contributed by atoms with Crippen LogP contribution in [0.4, 0.5) is 0 Å². The number of phenolic OH excluding ortho intramolecular Hbond substituents is 1. The molecule has 0 fully saturated rings. The van der Waals surface area contributed by atoms with Gasteiger partial charge in [-0.1, -0.05) is 12.2 Å². The highest BCUT2D eigenvalue weighted by atomic mass is 16.5. The topological polar surface area (TPSA) is 49.7 Å². The van der Waals surface area contributed by atoms with E-state index in [0.717, 1.165) is 5.56 Å². The maximum atomic E-state index is 9.41. The minimum Gasteiger partial charge on any atom is -0.508 e. The summed E-state index contributed by atoms with van der Waals surface area (Å²) < 4.78 is 5.72. The second-order valence-electron chi connectivity index (χ2n) is 4.52. The van der Waals surface area contributed by atoms with Crippen molar-refractivity contribution in [1.82, 2.24) is 0 Å². The second kappa shape index (κ2) is 5.03. The van der Waals surface area contributed by atoms with Crippen LogP contribution in [0.25, 0.3) is 6.08 Å². The largest absolute Gasteiger partial charge is 0.508 e. The van der Waals surface area contributed by atoms with Crippen LogP contribution in [0.1, 0.15) is 26.3 Å². The summed E-state index contributed by atoms with van der Waals surface area (Å²) in [4.78, 5) is 0. The summed E-state index contributed by atoms with van der Waals surface area (Å²) >= 11 is 0. The lowest BCUT2D eigenvalue weighted by atomic mass is 10.1. The molecule has 3 nitrogen and oxygen atoms in total. The van der Waals surface area contributed by atoms with Crippen LogP contribution >= 0.6 is 0 Å². The van der Waals surface area contributed by atoms with E-state index in [1.165, 1.54) is 0 Å². The monoisotopic (exact) mass is 222 g/mol. The summed E-state index contributed by atoms with van der Waals surface area (Å²) in [6.07, 6.45) is 3.39. The number of ether oxygens (including phenoxy) is 1. The molecule has 0 heterocycles. The van der Waals surface area contributed by atoms with Crippen LogP contribution in [-0.4, -0.2) is 22.4 Å². The van der Waals surface area contributed by atoms with E-state index in [-0.39, 0.29) is 18.0 Å². The first-order valence-corrected chi connectivity index (χ1v) is 5.22. The first-order chi connectivity index (χ1) is 7.42. The SMILES string of the molecule is CC(C)(C)Oc1cc(O)ccc1/C=C/CO. The van der Waals surface area contributed by atoms with Gasteiger partial charge in [-0.25, -0.2) is 0 Å². The molecule has 0 saturated heterocycles. The zero-order valence-electron chi connectivity index (χ0n) is 9.90. The van der Waals surface area contributed by atoms with Gasteiger partial charge in [-0.05, 0) is 32.9 Å². The Morgan fingerprint density at radius 1 is 1.31 bits per heavy atom. The molecule has 0 spiro atoms. The van der Waals surface area contributed by atoms with E-state index < -0.39 is 0 Å². The molecule has 0 amide bonds. The number of benzene rings is 1. The van der Waals surface area contributed by atoms with Crippen LogP contribution in [0.5, 0.6) is 11.5 Å². The van der Waals surface area contributed by atoms with Crippen molar-refractivity contribution < 1.29 is 14.9 Å². The van der Waals surface area contributed by atoms with Crippen molar-refractivity contribution in [3.05, 3.63) is 29.8 Å². The summed E-state index contributed by atoms with van der Waals surface area (Å²) in [5.74, 6) is 0.776. The van der Waals surface area contributed by atoms with Crippen LogP contribution in [0.15, 0.2) is 24.3 Å². The van der Waals surface area contributed by atoms with Crippen LogP contribution in [0, 0.1) is 0 Å². The van der Waals surface area contributed by atoms with Crippen molar-refractivity contribution >= 4 is 6.08 Å². The van der Waals surface area contributed by atoms with Gasteiger partial charge in [-0.2, -0.15) is 0 Å². The van der Waals surface area contributed by atoms with Gasteiger partial charge in [0.25, 0.3) is 0 Å². The Morgan fingerprint density at radius 3 is 2.56 bits per heavy atom. The predicted molar refractivity (Wildman–Crippen MR) is 64.6 cm³/mol. The lowest BCUT2D eigenvalue weighted by molar-refractivity contribution is 0.130. The Kier molecular flexibility index (Phi) is 3.96. The van der Waals surface area contributed by atoms with Gasteiger partial charge in [0.05, 0.1) is 6.61 Å². The quantitative estimate of drug-likeness (QED) is 0.826. The highest BCUT2D eigenvalue weighted by molar-refractivity contribution is 5.59. The molecule has 0 bridgehead atoms. The van der Waals surface area contributed by atoms with Gasteiger partial charge < -0.3 is 14.9 Å². The Balaban J connectivity index is 3.03. The first kappa shape index (κ1) is 12.6. The standard InChI is InChI=1S/C13H18O3/c1-13(2,3)16-12-9-11(15)7-6-10(12)5-4-8-14/h4-7,9,14-15H,8H2,1-3H3/b5-4+. The molecule has 0 aliphatic heterocycles. The molecule has 0 radical (unpaired) electrons. The van der Waals surface area contributed by atoms with Crippen LogP contribution in [-0.2, 0) is 0 Å². The van der Waals surface area contributed by atoms with Crippen LogP contribution in [0.3, 0.4) is 0 Å². The van der Waals surface area contributed by atoms with E-state index in [9.17, 15) is 5.11 Å². The molecule has 0 atom stereocenters. The Labute approximate surface area is 96.0 Å². The van der Waals surface area contributed by atoms with Crippen molar-refractivity contribution in [3.63, 3.8) is 0 Å². The average Bonchev–Trinajstić information content (AvgIpc) is 2.14. The van der Waals surface area contributed by atoms with Gasteiger partial charge in [0.2, 0.25) is 0 Å². The second-order valence-corrected chi connectivity index (χ2v) is 4.52. The summed E-state index contributed by atoms with van der Waals surface area (Å²) in [6.45, 7) is 5.81. The number of hydrogen-bond acceptors (Lipinski definition) is 3. The van der Waals surface area contributed by atoms with E-state index in [1.54, 1.807) is 30.4 Å². The first-order valence-electron chi connectivity index (χ1n) is 5.22. The molecule has 0 aliphatic carbocycles. The fourth-order valence-electron chi connectivity index (χ4n) is 1.26. The summed E-state index contributed by atoms with van der Waals surface area (Å²) in [5.41, 5.74) is 0.511. The molecule has 0 aliphatic rings. The molecule has 0 aromatic heterocycles. The molecular weight excluding hydrogens is 204 g/mol. The summed E-state index contributed by atoms with van der Waals surface area (Å²) in [6, 6.07) is 4.91. The van der Waals surface area contributed by atoms with Crippen molar-refractivity contribution in [3.8, 4) is 11.5 Å². The summed E-state index contributed by atoms with van der Waals surface area (Å²) in [7, 11) is 0. The zero-order chi connectivity index (χ0) is 12.2. The van der Waals surface area contributed by atoms with Crippen LogP contribution < -0.4 is 4.74 Å². The van der Waals surface area contributed by atoms with E-state index >= 15 is 0 Å². The number of rotatable bonds is 3. The van der Waals surface area contributed by atoms with Crippen molar-refractivity contribution in [1.29, 1.82) is 0 Å². The van der Waals surface area contributed by atoms with Gasteiger partial charge in [0.1, 0.15) is 17.1 Å². The number of aliphatic hydroxyl groups excluding tert-OH is 1. The lowest BCUT2D eigenvalue weighted by Gasteiger charge is -2.22. The highest BCUT2D eigenvalue weighted by Gasteiger charge is 2.14. The lowest BCUT2D eigenvalue weighted by Crippen LogP contribution is -2.23. The van der Waals surface area contributed by atoms with Gasteiger partial charge in [0, 0.05) is 11.6 Å². The third kappa shape index (κ3) is 3.95. The third-order valence-electron chi connectivity index (χ3n) is 1.82. The van der Waals surface area contributed by atoms with Crippen molar-refractivity contribution in [2.45, 2.75) is 26.4 Å². The molecule has 1 aromatic carbocycles. The zero-order valence-corrected chi connectivity index (χ0v) is 9.90. The smallest absolute Gasteiger partial charge is 0.130 e. The Hall–Kier alpha value is -1.48. The molecule has 0 unspecified atom stereocenters. The van der Waals surface area contributed by atoms with Gasteiger partial charge in [0.15, 0.2) is 0 Å². The minimum absolute atomic E-state index is 0.0180. The van der Waals surface area contributed by atoms with Crippen molar-refractivity contribution in [2.24, 2.45) is 0 Å². The van der Waals surface area contributed by atoms with E-state index in [1.807, 2.05) is 20.8 Å². The van der Waals surface area contributed by atoms with Gasteiger partial charge in [-0.3, -0.25) is 0 Å². The Bertz CT molecular complexity index is 375. The molecule has 3 heteroatoms. The number of hydrogen-bond donors (Lipinski definition) is 2. The molecular formula is C13H18O3. The van der Waals surface area contributed by atoms with E-state index in [4.69, 9.17) is 9.84 Å². The minimum atomic E-state index is -0.324.